The van der Waals surface area contributed by atoms with Gasteiger partial charge in [-0.15, -0.1) is 0 Å². The lowest BCUT2D eigenvalue weighted by atomic mass is 10.0. The summed E-state index contributed by atoms with van der Waals surface area (Å²) in [6, 6.07) is 28.3. The molecule has 0 N–H and O–H groups in total. The van der Waals surface area contributed by atoms with Crippen LogP contribution in [0.5, 0.6) is 0 Å². The topological polar surface area (TPSA) is 7.76 Å². The molecule has 2 nitrogen and oxygen atoms in total. The molecule has 5 aromatic rings. The van der Waals surface area contributed by atoms with E-state index in [9.17, 15) is 0 Å². The van der Waals surface area contributed by atoms with Gasteiger partial charge in [0.1, 0.15) is 14.1 Å². The third-order valence-corrected chi connectivity index (χ3v) is 5.33. The van der Waals surface area contributed by atoms with Crippen molar-refractivity contribution in [3.63, 3.8) is 0 Å². The molecule has 3 aromatic carbocycles. The lowest BCUT2D eigenvalue weighted by molar-refractivity contribution is -0.679. The summed E-state index contributed by atoms with van der Waals surface area (Å²) in [6.07, 6.45) is 2.15. The van der Waals surface area contributed by atoms with E-state index in [1.807, 2.05) is 0 Å². The molecule has 2 aromatic heterocycles. The number of para-hydroxylation sites is 1. The van der Waals surface area contributed by atoms with Crippen molar-refractivity contribution in [3.05, 3.63) is 85.1 Å². The highest BCUT2D eigenvalue weighted by atomic mass is 15.0. The molecule has 0 bridgehead atoms. The van der Waals surface area contributed by atoms with Crippen molar-refractivity contribution in [2.45, 2.75) is 0 Å². The van der Waals surface area contributed by atoms with Crippen LogP contribution in [-0.4, -0.2) is 0 Å². The van der Waals surface area contributed by atoms with Crippen LogP contribution in [0.25, 0.3) is 43.8 Å². The fourth-order valence-electron chi connectivity index (χ4n) is 3.96. The van der Waals surface area contributed by atoms with E-state index in [-0.39, 0.29) is 0 Å². The lowest BCUT2D eigenvalue weighted by Crippen LogP contribution is -2.39. The van der Waals surface area contributed by atoms with Gasteiger partial charge < -0.3 is 0 Å². The molecular formula is C24H20N2+2. The smallest absolute Gasteiger partial charge is 0.195 e. The molecule has 0 fully saturated rings. The van der Waals surface area contributed by atoms with Gasteiger partial charge in [0, 0.05) is 23.6 Å². The minimum absolute atomic E-state index is 1.21. The number of fused-ring (bicyclic) bond motifs is 3. The molecule has 0 radical (unpaired) electrons. The van der Waals surface area contributed by atoms with Crippen molar-refractivity contribution in [1.29, 1.82) is 0 Å². The minimum atomic E-state index is 1.21. The van der Waals surface area contributed by atoms with Gasteiger partial charge in [-0.05, 0) is 40.4 Å². The van der Waals surface area contributed by atoms with E-state index in [1.165, 1.54) is 43.8 Å². The monoisotopic (exact) mass is 336 g/mol. The first-order valence-electron chi connectivity index (χ1n) is 8.92. The molecule has 0 aliphatic carbocycles. The molecule has 0 saturated carbocycles. The number of rotatable bonds is 1. The quantitative estimate of drug-likeness (QED) is 0.315. The Morgan fingerprint density at radius 1 is 0.615 bits per heavy atom. The Morgan fingerprint density at radius 3 is 2.12 bits per heavy atom. The number of benzene rings is 3. The number of aromatic nitrogens is 2. The van der Waals surface area contributed by atoms with Gasteiger partial charge in [0.25, 0.3) is 11.4 Å². The molecule has 124 valence electrons. The largest absolute Gasteiger partial charge is 0.285 e. The zero-order valence-corrected chi connectivity index (χ0v) is 15.0. The fraction of sp³-hybridized carbons (Fsp3) is 0.0833. The summed E-state index contributed by atoms with van der Waals surface area (Å²) in [4.78, 5) is 0. The van der Waals surface area contributed by atoms with Crippen molar-refractivity contribution in [1.82, 2.24) is 0 Å². The second kappa shape index (κ2) is 5.63. The zero-order valence-electron chi connectivity index (χ0n) is 15.0. The standard InChI is InChI=1S/C24H20N2/c1-25-14-13-20-15-18-8-3-4-9-19(18)16-21(20)24(25)23-12-11-17-7-5-6-10-22(17)26(23)2/h3-16H,1-2H3/q+2. The Bertz CT molecular complexity index is 1300. The Balaban J connectivity index is 1.90. The molecule has 5 rings (SSSR count). The van der Waals surface area contributed by atoms with Crippen LogP contribution in [0.3, 0.4) is 0 Å². The van der Waals surface area contributed by atoms with E-state index in [2.05, 4.69) is 108 Å². The number of hydrogen-bond donors (Lipinski definition) is 0. The maximum atomic E-state index is 2.31. The van der Waals surface area contributed by atoms with Gasteiger partial charge in [-0.3, -0.25) is 0 Å². The second-order valence-corrected chi connectivity index (χ2v) is 6.90. The highest BCUT2D eigenvalue weighted by Crippen LogP contribution is 2.28. The van der Waals surface area contributed by atoms with Gasteiger partial charge >= 0.3 is 0 Å². The molecule has 0 unspecified atom stereocenters. The van der Waals surface area contributed by atoms with Crippen LogP contribution in [0, 0.1) is 0 Å². The maximum Gasteiger partial charge on any atom is 0.285 e. The molecular weight excluding hydrogens is 316 g/mol. The van der Waals surface area contributed by atoms with Gasteiger partial charge in [0.2, 0.25) is 5.52 Å². The first-order valence-corrected chi connectivity index (χ1v) is 8.92. The molecule has 0 saturated heterocycles. The third kappa shape index (κ3) is 2.19. The number of pyridine rings is 2. The highest BCUT2D eigenvalue weighted by molar-refractivity contribution is 6.02. The molecule has 0 aliphatic rings. The third-order valence-electron chi connectivity index (χ3n) is 5.33. The first-order chi connectivity index (χ1) is 12.7. The van der Waals surface area contributed by atoms with E-state index in [0.29, 0.717) is 0 Å². The van der Waals surface area contributed by atoms with Crippen LogP contribution in [0.2, 0.25) is 0 Å². The molecule has 0 spiro atoms. The molecule has 2 heteroatoms. The van der Waals surface area contributed by atoms with Crippen molar-refractivity contribution >= 4 is 32.4 Å². The Morgan fingerprint density at radius 2 is 1.31 bits per heavy atom. The van der Waals surface area contributed by atoms with Crippen molar-refractivity contribution < 1.29 is 9.13 Å². The van der Waals surface area contributed by atoms with Crippen LogP contribution in [0.4, 0.5) is 0 Å². The number of hydrogen-bond acceptors (Lipinski definition) is 0. The second-order valence-electron chi connectivity index (χ2n) is 6.90. The highest BCUT2D eigenvalue weighted by Gasteiger charge is 2.24. The fourth-order valence-corrected chi connectivity index (χ4v) is 3.96. The maximum absolute atomic E-state index is 2.31. The molecule has 0 atom stereocenters. The zero-order chi connectivity index (χ0) is 17.7. The average Bonchev–Trinajstić information content (AvgIpc) is 2.68. The van der Waals surface area contributed by atoms with Crippen LogP contribution in [0.1, 0.15) is 0 Å². The van der Waals surface area contributed by atoms with E-state index >= 15 is 0 Å². The number of nitrogens with zero attached hydrogens (tertiary/aromatic N) is 2. The normalized spacial score (nSPS) is 11.5. The number of aryl methyl sites for hydroxylation is 2. The molecule has 0 amide bonds. The summed E-state index contributed by atoms with van der Waals surface area (Å²) in [7, 11) is 4.27. The summed E-state index contributed by atoms with van der Waals surface area (Å²) >= 11 is 0. The van der Waals surface area contributed by atoms with Gasteiger partial charge in [-0.25, -0.2) is 0 Å². The summed E-state index contributed by atoms with van der Waals surface area (Å²) < 4.78 is 4.51. The Hall–Kier alpha value is -3.26. The van der Waals surface area contributed by atoms with E-state index in [4.69, 9.17) is 0 Å². The molecule has 26 heavy (non-hydrogen) atoms. The van der Waals surface area contributed by atoms with Crippen LogP contribution in [-0.2, 0) is 14.1 Å². The molecule has 0 aliphatic heterocycles. The predicted octanol–water partition coefficient (Wildman–Crippen LogP) is 4.46. The van der Waals surface area contributed by atoms with E-state index < -0.39 is 0 Å². The van der Waals surface area contributed by atoms with Crippen molar-refractivity contribution in [2.24, 2.45) is 14.1 Å². The Kier molecular flexibility index (Phi) is 3.26. The average molecular weight is 336 g/mol. The van der Waals surface area contributed by atoms with Crippen LogP contribution in [0.15, 0.2) is 85.1 Å². The molecule has 2 heterocycles. The summed E-state index contributed by atoms with van der Waals surface area (Å²) in [5.41, 5.74) is 3.69. The van der Waals surface area contributed by atoms with Crippen LogP contribution >= 0.6 is 0 Å². The van der Waals surface area contributed by atoms with Crippen molar-refractivity contribution in [2.75, 3.05) is 0 Å². The SMILES string of the molecule is C[n+]1ccc2cc3ccccc3cc2c1-c1ccc2ccccc2[n+]1C. The first kappa shape index (κ1) is 15.0. The summed E-state index contributed by atoms with van der Waals surface area (Å²) in [5.74, 6) is 0. The van der Waals surface area contributed by atoms with Gasteiger partial charge in [0.05, 0.1) is 5.39 Å². The van der Waals surface area contributed by atoms with E-state index in [1.54, 1.807) is 0 Å². The van der Waals surface area contributed by atoms with Crippen molar-refractivity contribution in [3.8, 4) is 11.4 Å². The van der Waals surface area contributed by atoms with Gasteiger partial charge in [-0.1, -0.05) is 36.4 Å². The van der Waals surface area contributed by atoms with Gasteiger partial charge in [0.15, 0.2) is 6.20 Å². The summed E-state index contributed by atoms with van der Waals surface area (Å²) in [6.45, 7) is 0. The van der Waals surface area contributed by atoms with Crippen LogP contribution < -0.4 is 9.13 Å². The Labute approximate surface area is 152 Å². The van der Waals surface area contributed by atoms with E-state index in [0.717, 1.165) is 0 Å². The summed E-state index contributed by atoms with van der Waals surface area (Å²) in [5, 5.41) is 6.36. The van der Waals surface area contributed by atoms with Gasteiger partial charge in [-0.2, -0.15) is 9.13 Å². The lowest BCUT2D eigenvalue weighted by Gasteiger charge is -2.07. The predicted molar refractivity (Wildman–Crippen MR) is 107 cm³/mol. The minimum Gasteiger partial charge on any atom is -0.195 e.